The number of anilines is 1. The van der Waals surface area contributed by atoms with Crippen LogP contribution in [0.4, 0.5) is 11.4 Å². The summed E-state index contributed by atoms with van der Waals surface area (Å²) < 4.78 is 0. The fourth-order valence-electron chi connectivity index (χ4n) is 1.10. The molecule has 0 spiro atoms. The molecule has 2 N–H and O–H groups in total. The number of nitrogens with zero attached hydrogens (tertiary/aromatic N) is 1. The first kappa shape index (κ1) is 9.98. The van der Waals surface area contributed by atoms with Gasteiger partial charge in [-0.1, -0.05) is 22.0 Å². The molecule has 1 rings (SSSR count). The smallest absolute Gasteiger partial charge is 0.292 e. The summed E-state index contributed by atoms with van der Waals surface area (Å²) in [6.45, 7) is 1.87. The van der Waals surface area contributed by atoms with Crippen LogP contribution in [0, 0.1) is 17.0 Å². The van der Waals surface area contributed by atoms with Gasteiger partial charge in [0, 0.05) is 11.4 Å². The Morgan fingerprint density at radius 3 is 2.69 bits per heavy atom. The van der Waals surface area contributed by atoms with E-state index in [4.69, 9.17) is 5.73 Å². The lowest BCUT2D eigenvalue weighted by Gasteiger charge is -2.05. The van der Waals surface area contributed by atoms with Crippen molar-refractivity contribution in [3.05, 3.63) is 33.4 Å². The summed E-state index contributed by atoms with van der Waals surface area (Å²) in [6, 6.07) is 3.13. The van der Waals surface area contributed by atoms with Crippen LogP contribution in [0.1, 0.15) is 11.1 Å². The van der Waals surface area contributed by atoms with E-state index in [9.17, 15) is 10.1 Å². The van der Waals surface area contributed by atoms with Gasteiger partial charge in [0.2, 0.25) is 0 Å². The van der Waals surface area contributed by atoms with Gasteiger partial charge in [-0.2, -0.15) is 0 Å². The number of nitrogen functional groups attached to an aromatic ring is 1. The van der Waals surface area contributed by atoms with Crippen molar-refractivity contribution in [3.63, 3.8) is 0 Å². The zero-order chi connectivity index (χ0) is 10.0. The second-order valence-corrected chi connectivity index (χ2v) is 3.25. The number of nitrogens with two attached hydrogens (primary N) is 1. The molecule has 5 heteroatoms. The van der Waals surface area contributed by atoms with E-state index < -0.39 is 4.92 Å². The van der Waals surface area contributed by atoms with Gasteiger partial charge in [-0.15, -0.1) is 0 Å². The van der Waals surface area contributed by atoms with Crippen LogP contribution >= 0.6 is 15.9 Å². The summed E-state index contributed by atoms with van der Waals surface area (Å²) in [5.41, 5.74) is 7.59. The number of alkyl halides is 1. The van der Waals surface area contributed by atoms with Crippen molar-refractivity contribution >= 4 is 27.3 Å². The topological polar surface area (TPSA) is 69.2 Å². The number of aryl methyl sites for hydroxylation is 1. The van der Waals surface area contributed by atoms with Gasteiger partial charge in [0.1, 0.15) is 5.69 Å². The molecule has 0 heterocycles. The zero-order valence-corrected chi connectivity index (χ0v) is 8.67. The van der Waals surface area contributed by atoms with Crippen LogP contribution in [0.15, 0.2) is 12.1 Å². The first-order valence-corrected chi connectivity index (χ1v) is 4.78. The van der Waals surface area contributed by atoms with Crippen molar-refractivity contribution in [1.29, 1.82) is 0 Å². The van der Waals surface area contributed by atoms with Gasteiger partial charge >= 0.3 is 0 Å². The molecule has 4 nitrogen and oxygen atoms in total. The van der Waals surface area contributed by atoms with Crippen molar-refractivity contribution in [1.82, 2.24) is 0 Å². The standard InChI is InChI=1S/C8H9BrN2O2/c1-5-2-3-7(11(12)13)8(10)6(5)4-9/h2-3H,4,10H2,1H3. The van der Waals surface area contributed by atoms with Crippen LogP contribution in [0.2, 0.25) is 0 Å². The molecular formula is C8H9BrN2O2. The maximum atomic E-state index is 10.5. The van der Waals surface area contributed by atoms with E-state index in [1.807, 2.05) is 6.92 Å². The molecule has 0 aliphatic carbocycles. The normalized spacial score (nSPS) is 10.0. The molecule has 70 valence electrons. The SMILES string of the molecule is Cc1ccc([N+](=O)[O-])c(N)c1CBr. The van der Waals surface area contributed by atoms with Crippen LogP contribution in [0.3, 0.4) is 0 Å². The fourth-order valence-corrected chi connectivity index (χ4v) is 1.84. The van der Waals surface area contributed by atoms with Crippen molar-refractivity contribution in [2.45, 2.75) is 12.3 Å². The van der Waals surface area contributed by atoms with E-state index in [0.29, 0.717) is 5.33 Å². The van der Waals surface area contributed by atoms with Crippen LogP contribution in [0.5, 0.6) is 0 Å². The number of rotatable bonds is 2. The summed E-state index contributed by atoms with van der Waals surface area (Å²) in [4.78, 5) is 10.0. The van der Waals surface area contributed by atoms with Gasteiger partial charge in [0.15, 0.2) is 0 Å². The van der Waals surface area contributed by atoms with Gasteiger partial charge in [0.25, 0.3) is 5.69 Å². The molecule has 0 fully saturated rings. The summed E-state index contributed by atoms with van der Waals surface area (Å²) in [6.07, 6.45) is 0. The Labute approximate surface area is 84.0 Å². The number of nitro groups is 1. The predicted molar refractivity (Wildman–Crippen MR) is 54.9 cm³/mol. The first-order valence-electron chi connectivity index (χ1n) is 3.66. The lowest BCUT2D eigenvalue weighted by Crippen LogP contribution is -2.00. The van der Waals surface area contributed by atoms with Crippen molar-refractivity contribution in [2.24, 2.45) is 0 Å². The Hall–Kier alpha value is -1.10. The highest BCUT2D eigenvalue weighted by Gasteiger charge is 2.15. The molecule has 0 radical (unpaired) electrons. The fraction of sp³-hybridized carbons (Fsp3) is 0.250. The molecule has 0 atom stereocenters. The third kappa shape index (κ3) is 1.80. The van der Waals surface area contributed by atoms with Gasteiger partial charge in [-0.3, -0.25) is 10.1 Å². The minimum absolute atomic E-state index is 0.0277. The van der Waals surface area contributed by atoms with E-state index >= 15 is 0 Å². The number of halogens is 1. The molecule has 0 aromatic heterocycles. The number of nitro benzene ring substituents is 1. The Kier molecular flexibility index (Phi) is 2.87. The van der Waals surface area contributed by atoms with E-state index in [1.54, 1.807) is 6.07 Å². The summed E-state index contributed by atoms with van der Waals surface area (Å²) >= 11 is 3.24. The molecule has 0 aliphatic heterocycles. The van der Waals surface area contributed by atoms with Crippen LogP contribution < -0.4 is 5.73 Å². The van der Waals surface area contributed by atoms with Crippen LogP contribution in [-0.4, -0.2) is 4.92 Å². The zero-order valence-electron chi connectivity index (χ0n) is 7.08. The van der Waals surface area contributed by atoms with E-state index in [0.717, 1.165) is 11.1 Å². The first-order chi connectivity index (χ1) is 6.07. The third-order valence-corrected chi connectivity index (χ3v) is 2.46. The minimum atomic E-state index is -0.471. The monoisotopic (exact) mass is 244 g/mol. The van der Waals surface area contributed by atoms with Gasteiger partial charge in [-0.05, 0) is 18.1 Å². The second-order valence-electron chi connectivity index (χ2n) is 2.68. The van der Waals surface area contributed by atoms with Crippen LogP contribution in [-0.2, 0) is 5.33 Å². The highest BCUT2D eigenvalue weighted by Crippen LogP contribution is 2.29. The van der Waals surface area contributed by atoms with Crippen molar-refractivity contribution in [3.8, 4) is 0 Å². The number of hydrogen-bond acceptors (Lipinski definition) is 3. The highest BCUT2D eigenvalue weighted by molar-refractivity contribution is 9.08. The largest absolute Gasteiger partial charge is 0.393 e. The van der Waals surface area contributed by atoms with E-state index in [2.05, 4.69) is 15.9 Å². The van der Waals surface area contributed by atoms with Crippen LogP contribution in [0.25, 0.3) is 0 Å². The summed E-state index contributed by atoms with van der Waals surface area (Å²) in [7, 11) is 0. The summed E-state index contributed by atoms with van der Waals surface area (Å²) in [5.74, 6) is 0. The summed E-state index contributed by atoms with van der Waals surface area (Å²) in [5, 5.41) is 11.0. The van der Waals surface area contributed by atoms with E-state index in [-0.39, 0.29) is 11.4 Å². The lowest BCUT2D eigenvalue weighted by molar-refractivity contribution is -0.383. The lowest BCUT2D eigenvalue weighted by atomic mass is 10.1. The molecule has 1 aromatic carbocycles. The molecule has 0 saturated carbocycles. The minimum Gasteiger partial charge on any atom is -0.393 e. The molecule has 0 unspecified atom stereocenters. The predicted octanol–water partition coefficient (Wildman–Crippen LogP) is 2.38. The van der Waals surface area contributed by atoms with Crippen molar-refractivity contribution < 1.29 is 4.92 Å². The third-order valence-electron chi connectivity index (χ3n) is 1.90. The van der Waals surface area contributed by atoms with Gasteiger partial charge in [-0.25, -0.2) is 0 Å². The molecule has 13 heavy (non-hydrogen) atoms. The van der Waals surface area contributed by atoms with Gasteiger partial charge in [0.05, 0.1) is 4.92 Å². The molecule has 0 saturated heterocycles. The molecule has 0 aliphatic rings. The second kappa shape index (κ2) is 3.74. The number of benzene rings is 1. The molecule has 0 amide bonds. The quantitative estimate of drug-likeness (QED) is 0.376. The molecule has 1 aromatic rings. The van der Waals surface area contributed by atoms with Crippen molar-refractivity contribution in [2.75, 3.05) is 5.73 Å². The molecule has 0 bridgehead atoms. The Morgan fingerprint density at radius 2 is 2.23 bits per heavy atom. The number of hydrogen-bond donors (Lipinski definition) is 1. The highest BCUT2D eigenvalue weighted by atomic mass is 79.9. The van der Waals surface area contributed by atoms with Gasteiger partial charge < -0.3 is 5.73 Å². The molecular weight excluding hydrogens is 236 g/mol. The maximum absolute atomic E-state index is 10.5. The Bertz CT molecular complexity index is 352. The average molecular weight is 245 g/mol. The van der Waals surface area contributed by atoms with E-state index in [1.165, 1.54) is 6.07 Å². The maximum Gasteiger partial charge on any atom is 0.292 e. The Morgan fingerprint density at radius 1 is 1.62 bits per heavy atom. The Balaban J connectivity index is 3.35. The average Bonchev–Trinajstić information content (AvgIpc) is 2.04.